The first-order valence-corrected chi connectivity index (χ1v) is 10.6. The molecule has 10 nitrogen and oxygen atoms in total. The van der Waals surface area contributed by atoms with Crippen molar-refractivity contribution in [1.82, 2.24) is 20.0 Å². The van der Waals surface area contributed by atoms with E-state index in [0.29, 0.717) is 11.3 Å². The third kappa shape index (κ3) is 5.29. The van der Waals surface area contributed by atoms with E-state index in [1.807, 2.05) is 0 Å². The van der Waals surface area contributed by atoms with E-state index in [2.05, 4.69) is 25.3 Å². The van der Waals surface area contributed by atoms with Crippen LogP contribution in [0.3, 0.4) is 0 Å². The monoisotopic (exact) mass is 434 g/mol. The summed E-state index contributed by atoms with van der Waals surface area (Å²) >= 11 is 0. The molecule has 12 heteroatoms. The van der Waals surface area contributed by atoms with Gasteiger partial charge in [0.05, 0.1) is 23.8 Å². The predicted octanol–water partition coefficient (Wildman–Crippen LogP) is 2.51. The van der Waals surface area contributed by atoms with Crippen LogP contribution in [0.5, 0.6) is 0 Å². The molecule has 0 aliphatic rings. The molecule has 2 aromatic heterocycles. The van der Waals surface area contributed by atoms with Crippen molar-refractivity contribution in [2.24, 2.45) is 7.05 Å². The van der Waals surface area contributed by atoms with Crippen LogP contribution in [0.2, 0.25) is 0 Å². The molecule has 2 heterocycles. The second-order valence-corrected chi connectivity index (χ2v) is 8.05. The molecule has 158 valence electrons. The summed E-state index contributed by atoms with van der Waals surface area (Å²) in [5, 5.41) is 10.3. The van der Waals surface area contributed by atoms with E-state index in [1.54, 1.807) is 37.4 Å². The molecule has 1 aromatic carbocycles. The molecular formula is C18H19FN6O4S. The zero-order valence-corrected chi connectivity index (χ0v) is 16.9. The van der Waals surface area contributed by atoms with Crippen LogP contribution in [0.15, 0.2) is 48.7 Å². The van der Waals surface area contributed by atoms with Crippen molar-refractivity contribution in [1.29, 1.82) is 0 Å². The minimum atomic E-state index is -3.44. The minimum absolute atomic E-state index is 0.182. The maximum absolute atomic E-state index is 13.4. The van der Waals surface area contributed by atoms with Crippen LogP contribution in [0.4, 0.5) is 20.7 Å². The molecule has 3 aromatic rings. The molecule has 2 N–H and O–H groups in total. The van der Waals surface area contributed by atoms with E-state index in [9.17, 15) is 17.6 Å². The van der Waals surface area contributed by atoms with Gasteiger partial charge in [-0.2, -0.15) is 0 Å². The van der Waals surface area contributed by atoms with Gasteiger partial charge in [-0.25, -0.2) is 22.3 Å². The Kier molecular flexibility index (Phi) is 6.26. The standard InChI is InChI=1S/C18H19FN6O4S/c1-25-17(21-18(26)29-15(10-19)12-6-4-3-5-7-12)16(22-24-25)14-9-8-13(11-20-14)23-30(2,27)28/h3-9,11,15,23H,10H2,1-2H3,(H,21,26)/t15-/m1/s1. The highest BCUT2D eigenvalue weighted by Crippen LogP contribution is 2.25. The Hall–Kier alpha value is -3.54. The quantitative estimate of drug-likeness (QED) is 0.585. The number of nitrogens with zero attached hydrogens (tertiary/aromatic N) is 4. The van der Waals surface area contributed by atoms with Crippen molar-refractivity contribution in [3.8, 4) is 11.4 Å². The lowest BCUT2D eigenvalue weighted by molar-refractivity contribution is 0.0928. The van der Waals surface area contributed by atoms with Crippen molar-refractivity contribution in [2.75, 3.05) is 23.0 Å². The highest BCUT2D eigenvalue weighted by molar-refractivity contribution is 7.92. The number of amides is 1. The summed E-state index contributed by atoms with van der Waals surface area (Å²) in [7, 11) is -1.89. The molecular weight excluding hydrogens is 415 g/mol. The molecule has 0 radical (unpaired) electrons. The number of sulfonamides is 1. The lowest BCUT2D eigenvalue weighted by Gasteiger charge is -2.15. The summed E-state index contributed by atoms with van der Waals surface area (Å²) in [6, 6.07) is 11.5. The zero-order chi connectivity index (χ0) is 21.7. The molecule has 0 aliphatic carbocycles. The van der Waals surface area contributed by atoms with Gasteiger partial charge >= 0.3 is 6.09 Å². The number of rotatable bonds is 7. The van der Waals surface area contributed by atoms with Crippen molar-refractivity contribution < 1.29 is 22.3 Å². The third-order valence-electron chi connectivity index (χ3n) is 3.92. The lowest BCUT2D eigenvalue weighted by Crippen LogP contribution is -2.20. The number of pyridine rings is 1. The fourth-order valence-corrected chi connectivity index (χ4v) is 3.14. The number of nitrogens with one attached hydrogen (secondary N) is 2. The second kappa shape index (κ2) is 8.86. The number of aryl methyl sites for hydroxylation is 1. The van der Waals surface area contributed by atoms with Gasteiger partial charge in [0, 0.05) is 7.05 Å². The maximum atomic E-state index is 13.4. The molecule has 0 unspecified atom stereocenters. The minimum Gasteiger partial charge on any atom is -0.438 e. The first-order chi connectivity index (χ1) is 14.3. The SMILES string of the molecule is Cn1nnc(-c2ccc(NS(C)(=O)=O)cn2)c1NC(=O)O[C@H](CF)c1ccccc1. The number of alkyl halides is 1. The van der Waals surface area contributed by atoms with Crippen LogP contribution in [0.25, 0.3) is 11.4 Å². The summed E-state index contributed by atoms with van der Waals surface area (Å²) < 4.78 is 44.7. The van der Waals surface area contributed by atoms with Crippen molar-refractivity contribution in [3.63, 3.8) is 0 Å². The molecule has 30 heavy (non-hydrogen) atoms. The Labute approximate surface area is 172 Å². The van der Waals surface area contributed by atoms with Crippen LogP contribution >= 0.6 is 0 Å². The number of carbonyl (C=O) groups is 1. The summed E-state index contributed by atoms with van der Waals surface area (Å²) in [5.74, 6) is 0.182. The number of anilines is 2. The van der Waals surface area contributed by atoms with Crippen LogP contribution in [-0.2, 0) is 21.8 Å². The van der Waals surface area contributed by atoms with E-state index >= 15 is 0 Å². The van der Waals surface area contributed by atoms with Crippen LogP contribution < -0.4 is 10.0 Å². The normalized spacial score (nSPS) is 12.2. The summed E-state index contributed by atoms with van der Waals surface area (Å²) in [5.41, 5.74) is 1.36. The molecule has 0 fully saturated rings. The summed E-state index contributed by atoms with van der Waals surface area (Å²) in [4.78, 5) is 16.5. The topological polar surface area (TPSA) is 128 Å². The first kappa shape index (κ1) is 21.2. The Balaban J connectivity index is 1.76. The molecule has 1 atom stereocenters. The average Bonchev–Trinajstić information content (AvgIpc) is 3.06. The molecule has 1 amide bonds. The Bertz CT molecular complexity index is 1120. The van der Waals surface area contributed by atoms with Gasteiger partial charge < -0.3 is 4.74 Å². The lowest BCUT2D eigenvalue weighted by atomic mass is 10.1. The van der Waals surface area contributed by atoms with E-state index in [1.165, 1.54) is 23.0 Å². The third-order valence-corrected chi connectivity index (χ3v) is 4.52. The molecule has 3 rings (SSSR count). The van der Waals surface area contributed by atoms with Gasteiger partial charge in [-0.3, -0.25) is 15.0 Å². The Morgan fingerprint density at radius 2 is 1.97 bits per heavy atom. The number of ether oxygens (including phenoxy) is 1. The number of hydrogen-bond donors (Lipinski definition) is 2. The van der Waals surface area contributed by atoms with Crippen molar-refractivity contribution >= 4 is 27.6 Å². The van der Waals surface area contributed by atoms with Gasteiger partial charge in [0.1, 0.15) is 6.67 Å². The van der Waals surface area contributed by atoms with Crippen LogP contribution in [0.1, 0.15) is 11.7 Å². The molecule has 0 aliphatic heterocycles. The van der Waals surface area contributed by atoms with E-state index < -0.39 is 28.9 Å². The molecule has 0 bridgehead atoms. The summed E-state index contributed by atoms with van der Waals surface area (Å²) in [6.07, 6.45) is 0.387. The van der Waals surface area contributed by atoms with Gasteiger partial charge in [0.2, 0.25) is 10.0 Å². The van der Waals surface area contributed by atoms with Gasteiger partial charge in [0.25, 0.3) is 0 Å². The molecule has 0 saturated heterocycles. The zero-order valence-electron chi connectivity index (χ0n) is 16.1. The fraction of sp³-hybridized carbons (Fsp3) is 0.222. The predicted molar refractivity (Wildman–Crippen MR) is 108 cm³/mol. The second-order valence-electron chi connectivity index (χ2n) is 6.30. The van der Waals surface area contributed by atoms with E-state index in [0.717, 1.165) is 6.26 Å². The number of aromatic nitrogens is 4. The van der Waals surface area contributed by atoms with Gasteiger partial charge in [-0.15, -0.1) is 5.10 Å². The number of hydrogen-bond acceptors (Lipinski definition) is 7. The maximum Gasteiger partial charge on any atom is 0.413 e. The molecule has 0 spiro atoms. The fourth-order valence-electron chi connectivity index (χ4n) is 2.59. The highest BCUT2D eigenvalue weighted by Gasteiger charge is 2.21. The number of benzene rings is 1. The van der Waals surface area contributed by atoms with Gasteiger partial charge in [-0.05, 0) is 17.7 Å². The first-order valence-electron chi connectivity index (χ1n) is 8.69. The van der Waals surface area contributed by atoms with E-state index in [4.69, 9.17) is 4.74 Å². The average molecular weight is 434 g/mol. The van der Waals surface area contributed by atoms with Crippen molar-refractivity contribution in [3.05, 3.63) is 54.2 Å². The van der Waals surface area contributed by atoms with Gasteiger partial charge in [-0.1, -0.05) is 35.5 Å². The Morgan fingerprint density at radius 3 is 2.57 bits per heavy atom. The van der Waals surface area contributed by atoms with Gasteiger partial charge in [0.15, 0.2) is 17.6 Å². The molecule has 0 saturated carbocycles. The van der Waals surface area contributed by atoms with Crippen molar-refractivity contribution in [2.45, 2.75) is 6.10 Å². The smallest absolute Gasteiger partial charge is 0.413 e. The number of halogens is 1. The van der Waals surface area contributed by atoms with Crippen LogP contribution in [-0.4, -0.2) is 47.4 Å². The van der Waals surface area contributed by atoms with E-state index in [-0.39, 0.29) is 17.2 Å². The largest absolute Gasteiger partial charge is 0.438 e. The Morgan fingerprint density at radius 1 is 1.23 bits per heavy atom. The summed E-state index contributed by atoms with van der Waals surface area (Å²) in [6.45, 7) is -0.885. The highest BCUT2D eigenvalue weighted by atomic mass is 32.2. The van der Waals surface area contributed by atoms with Crippen LogP contribution in [0, 0.1) is 0 Å². The number of carbonyl (C=O) groups excluding carboxylic acids is 1.